The molecule has 0 fully saturated rings. The van der Waals surface area contributed by atoms with Gasteiger partial charge in [0.2, 0.25) is 5.91 Å². The molecule has 20 heavy (non-hydrogen) atoms. The van der Waals surface area contributed by atoms with E-state index >= 15 is 0 Å². The SMILES string of the molecule is CCCN(CC(=O)NC)C(=O)NCC(CC(=O)O)OC. The Morgan fingerprint density at radius 2 is 2.00 bits per heavy atom. The number of hydrogen-bond donors (Lipinski definition) is 3. The van der Waals surface area contributed by atoms with Gasteiger partial charge >= 0.3 is 12.0 Å². The van der Waals surface area contributed by atoms with Crippen LogP contribution in [0.5, 0.6) is 0 Å². The lowest BCUT2D eigenvalue weighted by atomic mass is 10.2. The van der Waals surface area contributed by atoms with Gasteiger partial charge in [0, 0.05) is 27.2 Å². The van der Waals surface area contributed by atoms with Crippen LogP contribution in [0.25, 0.3) is 0 Å². The van der Waals surface area contributed by atoms with Crippen molar-refractivity contribution in [3.8, 4) is 0 Å². The van der Waals surface area contributed by atoms with Crippen molar-refractivity contribution in [2.24, 2.45) is 0 Å². The topological polar surface area (TPSA) is 108 Å². The van der Waals surface area contributed by atoms with E-state index in [0.717, 1.165) is 0 Å². The zero-order valence-electron chi connectivity index (χ0n) is 12.1. The van der Waals surface area contributed by atoms with Gasteiger partial charge in [-0.1, -0.05) is 6.92 Å². The molecule has 0 heterocycles. The average Bonchev–Trinajstić information content (AvgIpc) is 2.41. The third-order valence-corrected chi connectivity index (χ3v) is 2.61. The predicted octanol–water partition coefficient (Wildman–Crippen LogP) is -0.356. The van der Waals surface area contributed by atoms with Gasteiger partial charge in [0.1, 0.15) is 6.54 Å². The summed E-state index contributed by atoms with van der Waals surface area (Å²) >= 11 is 0. The number of nitrogens with zero attached hydrogens (tertiary/aromatic N) is 1. The second kappa shape index (κ2) is 10.0. The number of likely N-dealkylation sites (N-methyl/N-ethyl adjacent to an activating group) is 1. The Morgan fingerprint density at radius 3 is 2.45 bits per heavy atom. The van der Waals surface area contributed by atoms with Crippen LogP contribution in [0.2, 0.25) is 0 Å². The van der Waals surface area contributed by atoms with E-state index < -0.39 is 18.1 Å². The Kier molecular flexibility index (Phi) is 9.10. The number of nitrogens with one attached hydrogen (secondary N) is 2. The van der Waals surface area contributed by atoms with Crippen molar-refractivity contribution in [1.82, 2.24) is 15.5 Å². The fourth-order valence-electron chi connectivity index (χ4n) is 1.52. The molecule has 0 aromatic carbocycles. The van der Waals surface area contributed by atoms with Crippen molar-refractivity contribution >= 4 is 17.9 Å². The molecule has 0 saturated heterocycles. The third kappa shape index (κ3) is 7.57. The van der Waals surface area contributed by atoms with Gasteiger partial charge in [-0.25, -0.2) is 4.79 Å². The molecule has 0 bridgehead atoms. The normalized spacial score (nSPS) is 11.6. The summed E-state index contributed by atoms with van der Waals surface area (Å²) in [7, 11) is 2.88. The van der Waals surface area contributed by atoms with Gasteiger partial charge in [0.15, 0.2) is 0 Å². The van der Waals surface area contributed by atoms with Crippen LogP contribution in [-0.4, -0.2) is 67.8 Å². The fraction of sp³-hybridized carbons (Fsp3) is 0.750. The Hall–Kier alpha value is -1.83. The summed E-state index contributed by atoms with van der Waals surface area (Å²) in [6.07, 6.45) is -0.0762. The van der Waals surface area contributed by atoms with E-state index in [4.69, 9.17) is 9.84 Å². The first-order chi connectivity index (χ1) is 9.44. The van der Waals surface area contributed by atoms with Crippen LogP contribution in [0.15, 0.2) is 0 Å². The van der Waals surface area contributed by atoms with Gasteiger partial charge in [-0.3, -0.25) is 9.59 Å². The minimum Gasteiger partial charge on any atom is -0.481 e. The zero-order valence-corrected chi connectivity index (χ0v) is 12.1. The molecule has 0 aliphatic heterocycles. The van der Waals surface area contributed by atoms with E-state index in [1.54, 1.807) is 0 Å². The van der Waals surface area contributed by atoms with Gasteiger partial charge in [0.25, 0.3) is 0 Å². The number of carboxylic acids is 1. The highest BCUT2D eigenvalue weighted by atomic mass is 16.5. The van der Waals surface area contributed by atoms with Crippen molar-refractivity contribution in [3.63, 3.8) is 0 Å². The van der Waals surface area contributed by atoms with Crippen LogP contribution in [0.4, 0.5) is 4.79 Å². The number of rotatable bonds is 9. The number of urea groups is 1. The molecule has 0 saturated carbocycles. The molecule has 0 rings (SSSR count). The summed E-state index contributed by atoms with van der Waals surface area (Å²) in [5, 5.41) is 13.7. The first kappa shape index (κ1) is 18.2. The summed E-state index contributed by atoms with van der Waals surface area (Å²) in [5.41, 5.74) is 0. The van der Waals surface area contributed by atoms with Gasteiger partial charge in [0.05, 0.1) is 12.5 Å². The van der Waals surface area contributed by atoms with Crippen molar-refractivity contribution in [2.45, 2.75) is 25.9 Å². The second-order valence-electron chi connectivity index (χ2n) is 4.24. The number of carbonyl (C=O) groups excluding carboxylic acids is 2. The Morgan fingerprint density at radius 1 is 1.35 bits per heavy atom. The van der Waals surface area contributed by atoms with Crippen LogP contribution >= 0.6 is 0 Å². The standard InChI is InChI=1S/C12H23N3O5/c1-4-5-15(8-10(16)13-2)12(19)14-7-9(20-3)6-11(17)18/h9H,4-8H2,1-3H3,(H,13,16)(H,14,19)(H,17,18). The number of carbonyl (C=O) groups is 3. The minimum absolute atomic E-state index is 0.0350. The van der Waals surface area contributed by atoms with Crippen molar-refractivity contribution in [3.05, 3.63) is 0 Å². The molecule has 3 amide bonds. The van der Waals surface area contributed by atoms with Gasteiger partial charge in [-0.15, -0.1) is 0 Å². The Labute approximate surface area is 118 Å². The molecular formula is C12H23N3O5. The molecule has 0 aromatic heterocycles. The monoisotopic (exact) mass is 289 g/mol. The number of aliphatic carboxylic acids is 1. The number of carboxylic acid groups (broad SMARTS) is 1. The van der Waals surface area contributed by atoms with Crippen molar-refractivity contribution in [1.29, 1.82) is 0 Å². The van der Waals surface area contributed by atoms with E-state index in [0.29, 0.717) is 13.0 Å². The van der Waals surface area contributed by atoms with Gasteiger partial charge in [-0.05, 0) is 6.42 Å². The summed E-state index contributed by atoms with van der Waals surface area (Å²) in [6.45, 7) is 2.38. The molecule has 0 radical (unpaired) electrons. The smallest absolute Gasteiger partial charge is 0.317 e. The first-order valence-electron chi connectivity index (χ1n) is 6.42. The predicted molar refractivity (Wildman–Crippen MR) is 72.4 cm³/mol. The lowest BCUT2D eigenvalue weighted by molar-refractivity contribution is -0.139. The quantitative estimate of drug-likeness (QED) is 0.537. The molecule has 1 unspecified atom stereocenters. The van der Waals surface area contributed by atoms with Crippen LogP contribution in [0.1, 0.15) is 19.8 Å². The first-order valence-corrected chi connectivity index (χ1v) is 6.42. The molecule has 8 heteroatoms. The fourth-order valence-corrected chi connectivity index (χ4v) is 1.52. The molecule has 0 aromatic rings. The maximum absolute atomic E-state index is 11.9. The summed E-state index contributed by atoms with van der Waals surface area (Å²) < 4.78 is 4.96. The number of ether oxygens (including phenoxy) is 1. The number of amides is 3. The molecule has 0 spiro atoms. The number of methoxy groups -OCH3 is 1. The molecule has 0 aliphatic carbocycles. The van der Waals surface area contributed by atoms with Crippen LogP contribution in [-0.2, 0) is 14.3 Å². The average molecular weight is 289 g/mol. The van der Waals surface area contributed by atoms with Gasteiger partial charge in [-0.2, -0.15) is 0 Å². The Balaban J connectivity index is 4.36. The van der Waals surface area contributed by atoms with Crippen LogP contribution in [0.3, 0.4) is 0 Å². The lowest BCUT2D eigenvalue weighted by Crippen LogP contribution is -2.47. The van der Waals surface area contributed by atoms with Crippen LogP contribution in [0, 0.1) is 0 Å². The molecule has 8 nitrogen and oxygen atoms in total. The third-order valence-electron chi connectivity index (χ3n) is 2.61. The number of hydrogen-bond acceptors (Lipinski definition) is 4. The molecule has 116 valence electrons. The Bertz CT molecular complexity index is 335. The van der Waals surface area contributed by atoms with Gasteiger partial charge < -0.3 is 25.4 Å². The van der Waals surface area contributed by atoms with Crippen molar-refractivity contribution < 1.29 is 24.2 Å². The highest BCUT2D eigenvalue weighted by molar-refractivity contribution is 5.83. The van der Waals surface area contributed by atoms with E-state index in [-0.39, 0.29) is 25.4 Å². The van der Waals surface area contributed by atoms with E-state index in [1.165, 1.54) is 19.1 Å². The molecule has 1 atom stereocenters. The van der Waals surface area contributed by atoms with E-state index in [2.05, 4.69) is 10.6 Å². The maximum atomic E-state index is 11.9. The largest absolute Gasteiger partial charge is 0.481 e. The summed E-state index contributed by atoms with van der Waals surface area (Å²) in [5.74, 6) is -1.26. The van der Waals surface area contributed by atoms with E-state index in [9.17, 15) is 14.4 Å². The highest BCUT2D eigenvalue weighted by Gasteiger charge is 2.18. The lowest BCUT2D eigenvalue weighted by Gasteiger charge is -2.23. The molecular weight excluding hydrogens is 266 g/mol. The van der Waals surface area contributed by atoms with Crippen LogP contribution < -0.4 is 10.6 Å². The minimum atomic E-state index is -0.998. The summed E-state index contributed by atoms with van der Waals surface area (Å²) in [4.78, 5) is 35.2. The van der Waals surface area contributed by atoms with E-state index in [1.807, 2.05) is 6.92 Å². The maximum Gasteiger partial charge on any atom is 0.317 e. The molecule has 0 aliphatic rings. The van der Waals surface area contributed by atoms with Crippen molar-refractivity contribution in [2.75, 3.05) is 33.8 Å². The zero-order chi connectivity index (χ0) is 15.5. The second-order valence-corrected chi connectivity index (χ2v) is 4.24. The molecule has 3 N–H and O–H groups in total. The highest BCUT2D eigenvalue weighted by Crippen LogP contribution is 1.98. The summed E-state index contributed by atoms with van der Waals surface area (Å²) in [6, 6.07) is -0.414.